The van der Waals surface area contributed by atoms with Crippen LogP contribution >= 0.6 is 0 Å². The number of hydrogen-bond donors (Lipinski definition) is 2. The Kier molecular flexibility index (Phi) is 8.46. The summed E-state index contributed by atoms with van der Waals surface area (Å²) in [5.41, 5.74) is -0.280. The Balaban J connectivity index is 2.79. The number of hydrogen-bond acceptors (Lipinski definition) is 4. The molecule has 0 heterocycles. The van der Waals surface area contributed by atoms with Gasteiger partial charge in [-0.05, 0) is 32.8 Å². The number of amides is 2. The third-order valence-corrected chi connectivity index (χ3v) is 3.81. The van der Waals surface area contributed by atoms with E-state index in [1.807, 2.05) is 13.8 Å². The van der Waals surface area contributed by atoms with Gasteiger partial charge in [-0.25, -0.2) is 4.79 Å². The second kappa shape index (κ2) is 10.1. The highest BCUT2D eigenvalue weighted by atomic mass is 19.3. The molecule has 2 atom stereocenters. The fraction of sp³-hybridized carbons (Fsp3) is 0.579. The number of rotatable bonds is 8. The fourth-order valence-electron chi connectivity index (χ4n) is 2.29. The minimum absolute atomic E-state index is 0.00649. The molecule has 6 nitrogen and oxygen atoms in total. The maximum Gasteiger partial charge on any atom is 0.408 e. The summed E-state index contributed by atoms with van der Waals surface area (Å²) in [6.45, 7) is 5.94. The predicted molar refractivity (Wildman–Crippen MR) is 97.5 cm³/mol. The van der Waals surface area contributed by atoms with Gasteiger partial charge in [0.05, 0.1) is 0 Å². The summed E-state index contributed by atoms with van der Waals surface area (Å²) >= 11 is 0. The average molecular weight is 386 g/mol. The maximum atomic E-state index is 12.6. The molecule has 2 amide bonds. The summed E-state index contributed by atoms with van der Waals surface area (Å²) in [5.74, 6) is -0.583. The van der Waals surface area contributed by atoms with E-state index in [1.54, 1.807) is 39.0 Å². The van der Waals surface area contributed by atoms with Crippen LogP contribution in [-0.4, -0.2) is 30.3 Å². The van der Waals surface area contributed by atoms with E-state index in [0.717, 1.165) is 0 Å². The Morgan fingerprint density at radius 2 is 1.81 bits per heavy atom. The standard InChI is InChI=1S/C19H28F2N2O4/c1-6-12(2)15(23-18(25)27-19(3,4)5)16(24)22-11-13-9-7-8-10-14(13)26-17(20)21/h7-10,12,15,17H,6,11H2,1-5H3,(H,22,24)(H,23,25)/t12-,15-/m0/s1. The number of alkyl carbamates (subject to hydrolysis) is 1. The normalized spacial score (nSPS) is 13.6. The quantitative estimate of drug-likeness (QED) is 0.712. The molecule has 1 rings (SSSR count). The van der Waals surface area contributed by atoms with Gasteiger partial charge in [0.25, 0.3) is 0 Å². The molecule has 0 radical (unpaired) electrons. The molecular formula is C19H28F2N2O4. The lowest BCUT2D eigenvalue weighted by molar-refractivity contribution is -0.124. The molecule has 0 saturated heterocycles. The van der Waals surface area contributed by atoms with E-state index >= 15 is 0 Å². The number of halogens is 2. The van der Waals surface area contributed by atoms with Crippen molar-refractivity contribution < 1.29 is 27.8 Å². The second-order valence-corrected chi connectivity index (χ2v) is 7.21. The Hall–Kier alpha value is -2.38. The van der Waals surface area contributed by atoms with E-state index in [1.165, 1.54) is 6.07 Å². The van der Waals surface area contributed by atoms with E-state index in [2.05, 4.69) is 15.4 Å². The maximum absolute atomic E-state index is 12.6. The number of nitrogens with one attached hydrogen (secondary N) is 2. The molecule has 0 bridgehead atoms. The Labute approximate surface area is 158 Å². The van der Waals surface area contributed by atoms with Crippen LogP contribution in [-0.2, 0) is 16.1 Å². The summed E-state index contributed by atoms with van der Waals surface area (Å²) in [5, 5.41) is 5.24. The van der Waals surface area contributed by atoms with Gasteiger partial charge in [-0.1, -0.05) is 38.5 Å². The molecule has 152 valence electrons. The van der Waals surface area contributed by atoms with E-state index in [0.29, 0.717) is 12.0 Å². The number of para-hydroxylation sites is 1. The van der Waals surface area contributed by atoms with E-state index in [9.17, 15) is 18.4 Å². The highest BCUT2D eigenvalue weighted by molar-refractivity contribution is 5.86. The van der Waals surface area contributed by atoms with Crippen molar-refractivity contribution in [2.75, 3.05) is 0 Å². The lowest BCUT2D eigenvalue weighted by atomic mass is 9.98. The number of ether oxygens (including phenoxy) is 2. The molecule has 8 heteroatoms. The van der Waals surface area contributed by atoms with Gasteiger partial charge >= 0.3 is 12.7 Å². The fourth-order valence-corrected chi connectivity index (χ4v) is 2.29. The van der Waals surface area contributed by atoms with Crippen LogP contribution < -0.4 is 15.4 Å². The molecule has 0 spiro atoms. The summed E-state index contributed by atoms with van der Waals surface area (Å²) in [6, 6.07) is 5.39. The highest BCUT2D eigenvalue weighted by Crippen LogP contribution is 2.20. The summed E-state index contributed by atoms with van der Waals surface area (Å²) < 4.78 is 34.6. The van der Waals surface area contributed by atoms with Crippen molar-refractivity contribution in [3.05, 3.63) is 29.8 Å². The van der Waals surface area contributed by atoms with Crippen LogP contribution in [0.1, 0.15) is 46.6 Å². The van der Waals surface area contributed by atoms with E-state index in [-0.39, 0.29) is 18.2 Å². The first-order valence-corrected chi connectivity index (χ1v) is 8.83. The molecule has 0 fully saturated rings. The lowest BCUT2D eigenvalue weighted by Gasteiger charge is -2.26. The van der Waals surface area contributed by atoms with Gasteiger partial charge in [0.1, 0.15) is 17.4 Å². The molecule has 2 N–H and O–H groups in total. The molecule has 27 heavy (non-hydrogen) atoms. The Bertz CT molecular complexity index is 632. The molecule has 0 aliphatic heterocycles. The summed E-state index contributed by atoms with van der Waals surface area (Å²) in [4.78, 5) is 24.6. The van der Waals surface area contributed by atoms with Gasteiger partial charge in [-0.15, -0.1) is 0 Å². The van der Waals surface area contributed by atoms with Crippen molar-refractivity contribution in [3.8, 4) is 5.75 Å². The molecule has 0 aromatic heterocycles. The average Bonchev–Trinajstić information content (AvgIpc) is 2.56. The largest absolute Gasteiger partial charge is 0.444 e. The van der Waals surface area contributed by atoms with Crippen molar-refractivity contribution in [1.82, 2.24) is 10.6 Å². The number of alkyl halides is 2. The molecule has 0 aliphatic rings. The highest BCUT2D eigenvalue weighted by Gasteiger charge is 2.28. The molecule has 1 aromatic rings. The van der Waals surface area contributed by atoms with Gasteiger partial charge in [-0.3, -0.25) is 4.79 Å². The second-order valence-electron chi connectivity index (χ2n) is 7.21. The zero-order valence-corrected chi connectivity index (χ0v) is 16.3. The molecular weight excluding hydrogens is 358 g/mol. The third-order valence-electron chi connectivity index (χ3n) is 3.81. The molecule has 1 aromatic carbocycles. The zero-order chi connectivity index (χ0) is 20.6. The van der Waals surface area contributed by atoms with Crippen LogP contribution in [0.4, 0.5) is 13.6 Å². The first-order chi connectivity index (χ1) is 12.5. The van der Waals surface area contributed by atoms with E-state index in [4.69, 9.17) is 4.74 Å². The smallest absolute Gasteiger partial charge is 0.408 e. The van der Waals surface area contributed by atoms with Gasteiger partial charge in [0.2, 0.25) is 5.91 Å². The van der Waals surface area contributed by atoms with Crippen molar-refractivity contribution in [3.63, 3.8) is 0 Å². The van der Waals surface area contributed by atoms with Gasteiger partial charge < -0.3 is 20.1 Å². The van der Waals surface area contributed by atoms with Crippen LogP contribution in [0.15, 0.2) is 24.3 Å². The topological polar surface area (TPSA) is 76.7 Å². The Morgan fingerprint density at radius 1 is 1.19 bits per heavy atom. The van der Waals surface area contributed by atoms with Crippen LogP contribution in [0, 0.1) is 5.92 Å². The minimum atomic E-state index is -2.96. The lowest BCUT2D eigenvalue weighted by Crippen LogP contribution is -2.51. The number of benzene rings is 1. The SMILES string of the molecule is CC[C@H](C)[C@H](NC(=O)OC(C)(C)C)C(=O)NCc1ccccc1OC(F)F. The molecule has 0 saturated carbocycles. The van der Waals surface area contributed by atoms with Gasteiger partial charge in [0, 0.05) is 12.1 Å². The number of carbonyl (C=O) groups excluding carboxylic acids is 2. The van der Waals surface area contributed by atoms with Crippen LogP contribution in [0.2, 0.25) is 0 Å². The van der Waals surface area contributed by atoms with Crippen molar-refractivity contribution in [1.29, 1.82) is 0 Å². The van der Waals surface area contributed by atoms with Crippen molar-refractivity contribution >= 4 is 12.0 Å². The molecule has 0 aliphatic carbocycles. The first kappa shape index (κ1) is 22.7. The monoisotopic (exact) mass is 386 g/mol. The summed E-state index contributed by atoms with van der Waals surface area (Å²) in [6.07, 6.45) is -0.0386. The minimum Gasteiger partial charge on any atom is -0.444 e. The predicted octanol–water partition coefficient (Wildman–Crippen LogP) is 3.84. The third kappa shape index (κ3) is 8.23. The summed E-state index contributed by atoms with van der Waals surface area (Å²) in [7, 11) is 0. The van der Waals surface area contributed by atoms with Crippen LogP contribution in [0.3, 0.4) is 0 Å². The molecule has 0 unspecified atom stereocenters. The van der Waals surface area contributed by atoms with Gasteiger partial charge in [0.15, 0.2) is 0 Å². The van der Waals surface area contributed by atoms with Crippen LogP contribution in [0.25, 0.3) is 0 Å². The zero-order valence-electron chi connectivity index (χ0n) is 16.3. The van der Waals surface area contributed by atoms with E-state index < -0.39 is 30.3 Å². The van der Waals surface area contributed by atoms with Crippen molar-refractivity contribution in [2.45, 2.75) is 65.8 Å². The van der Waals surface area contributed by atoms with Gasteiger partial charge in [-0.2, -0.15) is 8.78 Å². The van der Waals surface area contributed by atoms with Crippen molar-refractivity contribution in [2.24, 2.45) is 5.92 Å². The first-order valence-electron chi connectivity index (χ1n) is 8.83. The number of carbonyl (C=O) groups is 2. The Morgan fingerprint density at radius 3 is 2.37 bits per heavy atom. The van der Waals surface area contributed by atoms with Crippen LogP contribution in [0.5, 0.6) is 5.75 Å².